The van der Waals surface area contributed by atoms with Gasteiger partial charge in [-0.05, 0) is 36.4 Å². The summed E-state index contributed by atoms with van der Waals surface area (Å²) in [6.07, 6.45) is 0. The molecule has 5 nitrogen and oxygen atoms in total. The number of carbonyl (C=O) groups excluding carboxylic acids is 2. The van der Waals surface area contributed by atoms with Gasteiger partial charge in [0, 0.05) is 22.8 Å². The number of rotatable bonds is 3. The van der Waals surface area contributed by atoms with E-state index in [9.17, 15) is 14.7 Å². The highest BCUT2D eigenvalue weighted by Crippen LogP contribution is 2.24. The third kappa shape index (κ3) is 4.06. The van der Waals surface area contributed by atoms with Crippen molar-refractivity contribution in [3.63, 3.8) is 0 Å². The van der Waals surface area contributed by atoms with Crippen molar-refractivity contribution in [3.8, 4) is 5.75 Å². The minimum absolute atomic E-state index is 0.111. The van der Waals surface area contributed by atoms with Crippen LogP contribution in [0.4, 0.5) is 11.4 Å². The second kappa shape index (κ2) is 6.41. The third-order valence-corrected chi connectivity index (χ3v) is 3.14. The van der Waals surface area contributed by atoms with Gasteiger partial charge in [0.05, 0.1) is 5.56 Å². The summed E-state index contributed by atoms with van der Waals surface area (Å²) >= 11 is 3.21. The number of halogens is 1. The van der Waals surface area contributed by atoms with E-state index in [1.54, 1.807) is 30.3 Å². The molecule has 3 N–H and O–H groups in total. The molecule has 0 spiro atoms. The Labute approximate surface area is 130 Å². The van der Waals surface area contributed by atoms with Gasteiger partial charge in [0.1, 0.15) is 5.75 Å². The molecule has 0 bridgehead atoms. The van der Waals surface area contributed by atoms with Crippen LogP contribution in [0.3, 0.4) is 0 Å². The lowest BCUT2D eigenvalue weighted by molar-refractivity contribution is -0.114. The maximum Gasteiger partial charge on any atom is 0.259 e. The highest BCUT2D eigenvalue weighted by atomic mass is 79.9. The smallest absolute Gasteiger partial charge is 0.259 e. The summed E-state index contributed by atoms with van der Waals surface area (Å²) in [5.41, 5.74) is 1.28. The number of amides is 2. The second-order valence-electron chi connectivity index (χ2n) is 4.38. The number of nitrogens with one attached hydrogen (secondary N) is 2. The van der Waals surface area contributed by atoms with Crippen molar-refractivity contribution in [2.24, 2.45) is 0 Å². The Hall–Kier alpha value is -2.34. The van der Waals surface area contributed by atoms with Crippen molar-refractivity contribution in [1.82, 2.24) is 0 Å². The minimum Gasteiger partial charge on any atom is -0.507 e. The molecule has 0 aliphatic rings. The molecule has 0 aliphatic heterocycles. The van der Waals surface area contributed by atoms with Crippen molar-refractivity contribution >= 4 is 39.1 Å². The maximum absolute atomic E-state index is 12.1. The molecule has 21 heavy (non-hydrogen) atoms. The molecule has 108 valence electrons. The van der Waals surface area contributed by atoms with Crippen LogP contribution < -0.4 is 10.6 Å². The molecule has 0 radical (unpaired) electrons. The first-order valence-electron chi connectivity index (χ1n) is 6.13. The molecule has 0 atom stereocenters. The quantitative estimate of drug-likeness (QED) is 0.795. The van der Waals surface area contributed by atoms with Crippen LogP contribution in [-0.4, -0.2) is 16.9 Å². The van der Waals surface area contributed by atoms with E-state index in [1.165, 1.54) is 19.1 Å². The Balaban J connectivity index is 2.17. The molecule has 0 aromatic heterocycles. The Morgan fingerprint density at radius 3 is 2.33 bits per heavy atom. The van der Waals surface area contributed by atoms with Gasteiger partial charge in [-0.25, -0.2) is 0 Å². The van der Waals surface area contributed by atoms with Gasteiger partial charge in [-0.3, -0.25) is 9.59 Å². The lowest BCUT2D eigenvalue weighted by Crippen LogP contribution is -2.12. The predicted molar refractivity (Wildman–Crippen MR) is 84.5 cm³/mol. The van der Waals surface area contributed by atoms with Crippen molar-refractivity contribution in [3.05, 3.63) is 52.5 Å². The molecule has 2 amide bonds. The van der Waals surface area contributed by atoms with Crippen LogP contribution in [-0.2, 0) is 4.79 Å². The van der Waals surface area contributed by atoms with Gasteiger partial charge < -0.3 is 15.7 Å². The summed E-state index contributed by atoms with van der Waals surface area (Å²) in [4.78, 5) is 23.1. The SMILES string of the molecule is CC(=O)Nc1cccc(NC(=O)c2ccc(Br)cc2O)c1. The third-order valence-electron chi connectivity index (χ3n) is 2.65. The first-order valence-corrected chi connectivity index (χ1v) is 6.92. The predicted octanol–water partition coefficient (Wildman–Crippen LogP) is 3.37. The molecular formula is C15H13BrN2O3. The van der Waals surface area contributed by atoms with Crippen molar-refractivity contribution in [1.29, 1.82) is 0 Å². The standard InChI is InChI=1S/C15H13BrN2O3/c1-9(19)17-11-3-2-4-12(8-11)18-15(21)13-6-5-10(16)7-14(13)20/h2-8,20H,1H3,(H,17,19)(H,18,21). The molecule has 0 fully saturated rings. The van der Waals surface area contributed by atoms with Gasteiger partial charge in [0.15, 0.2) is 0 Å². The van der Waals surface area contributed by atoms with E-state index in [0.717, 1.165) is 0 Å². The van der Waals surface area contributed by atoms with Gasteiger partial charge in [-0.15, -0.1) is 0 Å². The lowest BCUT2D eigenvalue weighted by atomic mass is 10.2. The van der Waals surface area contributed by atoms with Crippen LogP contribution in [0.1, 0.15) is 17.3 Å². The molecular weight excluding hydrogens is 336 g/mol. The first kappa shape index (κ1) is 15.1. The maximum atomic E-state index is 12.1. The van der Waals surface area contributed by atoms with Gasteiger partial charge in [0.2, 0.25) is 5.91 Å². The Morgan fingerprint density at radius 2 is 1.71 bits per heavy atom. The Bertz CT molecular complexity index is 701. The number of benzene rings is 2. The summed E-state index contributed by atoms with van der Waals surface area (Å²) in [5, 5.41) is 15.1. The van der Waals surface area contributed by atoms with Gasteiger partial charge >= 0.3 is 0 Å². The molecule has 2 rings (SSSR count). The molecule has 2 aromatic rings. The Morgan fingerprint density at radius 1 is 1.05 bits per heavy atom. The summed E-state index contributed by atoms with van der Waals surface area (Å²) in [7, 11) is 0. The largest absolute Gasteiger partial charge is 0.507 e. The molecule has 0 unspecified atom stereocenters. The Kier molecular flexibility index (Phi) is 4.59. The van der Waals surface area contributed by atoms with Crippen LogP contribution in [0.25, 0.3) is 0 Å². The van der Waals surface area contributed by atoms with E-state index >= 15 is 0 Å². The normalized spacial score (nSPS) is 10.0. The van der Waals surface area contributed by atoms with Gasteiger partial charge in [0.25, 0.3) is 5.91 Å². The fraction of sp³-hybridized carbons (Fsp3) is 0.0667. The summed E-state index contributed by atoms with van der Waals surface area (Å²) in [5.74, 6) is -0.733. The van der Waals surface area contributed by atoms with Crippen LogP contribution in [0.15, 0.2) is 46.9 Å². The topological polar surface area (TPSA) is 78.4 Å². The van der Waals surface area contributed by atoms with Crippen molar-refractivity contribution in [2.45, 2.75) is 6.92 Å². The molecule has 2 aromatic carbocycles. The van der Waals surface area contributed by atoms with Crippen LogP contribution in [0.5, 0.6) is 5.75 Å². The lowest BCUT2D eigenvalue weighted by Gasteiger charge is -2.09. The zero-order valence-electron chi connectivity index (χ0n) is 11.2. The van der Waals surface area contributed by atoms with Crippen LogP contribution in [0.2, 0.25) is 0 Å². The summed E-state index contributed by atoms with van der Waals surface area (Å²) in [6.45, 7) is 1.41. The highest BCUT2D eigenvalue weighted by molar-refractivity contribution is 9.10. The van der Waals surface area contributed by atoms with Crippen molar-refractivity contribution in [2.75, 3.05) is 10.6 Å². The second-order valence-corrected chi connectivity index (χ2v) is 5.29. The molecule has 0 aliphatic carbocycles. The number of hydrogen-bond acceptors (Lipinski definition) is 3. The first-order chi connectivity index (χ1) is 9.95. The van der Waals surface area contributed by atoms with Crippen molar-refractivity contribution < 1.29 is 14.7 Å². The zero-order chi connectivity index (χ0) is 15.4. The number of hydrogen-bond donors (Lipinski definition) is 3. The number of aromatic hydroxyl groups is 1. The number of phenols is 1. The average Bonchev–Trinajstić information content (AvgIpc) is 2.37. The number of anilines is 2. The van der Waals surface area contributed by atoms with E-state index < -0.39 is 5.91 Å². The van der Waals surface area contributed by atoms with E-state index in [1.807, 2.05) is 0 Å². The van der Waals surface area contributed by atoms with E-state index in [-0.39, 0.29) is 17.2 Å². The summed E-state index contributed by atoms with van der Waals surface area (Å²) in [6, 6.07) is 11.4. The van der Waals surface area contributed by atoms with E-state index in [4.69, 9.17) is 0 Å². The monoisotopic (exact) mass is 348 g/mol. The van der Waals surface area contributed by atoms with E-state index in [2.05, 4.69) is 26.6 Å². The summed E-state index contributed by atoms with van der Waals surface area (Å²) < 4.78 is 0.684. The average molecular weight is 349 g/mol. The van der Waals surface area contributed by atoms with E-state index in [0.29, 0.717) is 15.8 Å². The minimum atomic E-state index is -0.431. The van der Waals surface area contributed by atoms with Crippen LogP contribution in [0, 0.1) is 0 Å². The zero-order valence-corrected chi connectivity index (χ0v) is 12.8. The van der Waals surface area contributed by atoms with Gasteiger partial charge in [-0.2, -0.15) is 0 Å². The molecule has 0 heterocycles. The van der Waals surface area contributed by atoms with Gasteiger partial charge in [-0.1, -0.05) is 22.0 Å². The van der Waals surface area contributed by atoms with Crippen LogP contribution >= 0.6 is 15.9 Å². The fourth-order valence-electron chi connectivity index (χ4n) is 1.77. The molecule has 0 saturated carbocycles. The fourth-order valence-corrected chi connectivity index (χ4v) is 2.12. The number of phenolic OH excluding ortho intramolecular Hbond substituents is 1. The highest BCUT2D eigenvalue weighted by Gasteiger charge is 2.11. The number of carbonyl (C=O) groups is 2. The molecule has 6 heteroatoms. The molecule has 0 saturated heterocycles.